The van der Waals surface area contributed by atoms with Crippen molar-refractivity contribution in [1.82, 2.24) is 5.32 Å². The van der Waals surface area contributed by atoms with E-state index in [4.69, 9.17) is 4.74 Å². The molecule has 14 heavy (non-hydrogen) atoms. The predicted octanol–water partition coefficient (Wildman–Crippen LogP) is 1.63. The van der Waals surface area contributed by atoms with E-state index >= 15 is 0 Å². The molecule has 2 nitrogen and oxygen atoms in total. The highest BCUT2D eigenvalue weighted by Crippen LogP contribution is 2.52. The van der Waals surface area contributed by atoms with E-state index in [1.54, 1.807) is 0 Å². The van der Waals surface area contributed by atoms with Crippen molar-refractivity contribution in [2.45, 2.75) is 18.2 Å². The Morgan fingerprint density at radius 1 is 1.43 bits per heavy atom. The minimum absolute atomic E-state index is 0.130. The first kappa shape index (κ1) is 7.21. The maximum atomic E-state index is 6.04. The SMILES string of the molecule is C1=CC23CNCc4cccc(c42)C1O3. The lowest BCUT2D eigenvalue weighted by atomic mass is 9.81. The van der Waals surface area contributed by atoms with Crippen molar-refractivity contribution in [2.24, 2.45) is 0 Å². The van der Waals surface area contributed by atoms with Gasteiger partial charge >= 0.3 is 0 Å². The third-order valence-electron chi connectivity index (χ3n) is 3.49. The van der Waals surface area contributed by atoms with Crippen LogP contribution in [0.15, 0.2) is 30.4 Å². The Kier molecular flexibility index (Phi) is 1.08. The Labute approximate surface area is 82.6 Å². The summed E-state index contributed by atoms with van der Waals surface area (Å²) in [5, 5.41) is 3.42. The average Bonchev–Trinajstić information content (AvgIpc) is 2.75. The lowest BCUT2D eigenvalue weighted by molar-refractivity contribution is -0.00587. The molecule has 1 N–H and O–H groups in total. The molecule has 0 aromatic heterocycles. The first-order valence-electron chi connectivity index (χ1n) is 5.09. The third-order valence-corrected chi connectivity index (χ3v) is 3.49. The molecule has 0 saturated carbocycles. The number of fused-ring (bicyclic) bond motifs is 2. The first-order chi connectivity index (χ1) is 6.89. The molecule has 70 valence electrons. The molecular formula is C12H11NO. The number of rotatable bonds is 0. The second-order valence-electron chi connectivity index (χ2n) is 4.27. The van der Waals surface area contributed by atoms with Gasteiger partial charge in [0.05, 0.1) is 0 Å². The van der Waals surface area contributed by atoms with Gasteiger partial charge in [-0.3, -0.25) is 0 Å². The highest BCUT2D eigenvalue weighted by Gasteiger charge is 2.49. The van der Waals surface area contributed by atoms with Crippen molar-refractivity contribution < 1.29 is 4.74 Å². The van der Waals surface area contributed by atoms with Crippen LogP contribution in [0.2, 0.25) is 0 Å². The molecule has 2 atom stereocenters. The van der Waals surface area contributed by atoms with Crippen LogP contribution in [0.3, 0.4) is 0 Å². The smallest absolute Gasteiger partial charge is 0.126 e. The molecule has 4 rings (SSSR count). The van der Waals surface area contributed by atoms with Gasteiger partial charge in [-0.1, -0.05) is 24.3 Å². The minimum Gasteiger partial charge on any atom is -0.353 e. The summed E-state index contributed by atoms with van der Waals surface area (Å²) >= 11 is 0. The van der Waals surface area contributed by atoms with E-state index in [0.29, 0.717) is 0 Å². The summed E-state index contributed by atoms with van der Waals surface area (Å²) < 4.78 is 6.04. The van der Waals surface area contributed by atoms with E-state index in [1.807, 2.05) is 0 Å². The fraction of sp³-hybridized carbons (Fsp3) is 0.333. The Morgan fingerprint density at radius 2 is 2.43 bits per heavy atom. The van der Waals surface area contributed by atoms with Crippen molar-refractivity contribution in [1.29, 1.82) is 0 Å². The molecule has 1 aromatic rings. The molecule has 3 aliphatic rings. The Hall–Kier alpha value is -1.12. The molecule has 0 amide bonds. The van der Waals surface area contributed by atoms with Crippen molar-refractivity contribution >= 4 is 0 Å². The standard InChI is InChI=1S/C12H11NO/c1-2-8-6-13-7-12-5-4-10(14-12)9(3-1)11(8)12/h1-5,10,13H,6-7H2. The van der Waals surface area contributed by atoms with Gasteiger partial charge in [0.15, 0.2) is 0 Å². The predicted molar refractivity (Wildman–Crippen MR) is 52.8 cm³/mol. The quantitative estimate of drug-likeness (QED) is 0.620. The van der Waals surface area contributed by atoms with E-state index in [2.05, 4.69) is 35.7 Å². The van der Waals surface area contributed by atoms with Gasteiger partial charge in [0.2, 0.25) is 0 Å². The summed E-state index contributed by atoms with van der Waals surface area (Å²) in [5.74, 6) is 0. The van der Waals surface area contributed by atoms with Crippen LogP contribution in [-0.2, 0) is 16.9 Å². The zero-order valence-corrected chi connectivity index (χ0v) is 7.79. The lowest BCUT2D eigenvalue weighted by Gasteiger charge is -2.31. The number of hydrogen-bond donors (Lipinski definition) is 1. The zero-order valence-electron chi connectivity index (χ0n) is 7.79. The van der Waals surface area contributed by atoms with Gasteiger partial charge in [-0.2, -0.15) is 0 Å². The summed E-state index contributed by atoms with van der Waals surface area (Å²) in [7, 11) is 0. The Bertz CT molecular complexity index is 452. The molecule has 2 unspecified atom stereocenters. The van der Waals surface area contributed by atoms with Crippen molar-refractivity contribution in [3.63, 3.8) is 0 Å². The molecule has 3 aliphatic heterocycles. The molecule has 0 saturated heterocycles. The van der Waals surface area contributed by atoms with Crippen LogP contribution >= 0.6 is 0 Å². The fourth-order valence-corrected chi connectivity index (χ4v) is 2.95. The summed E-state index contributed by atoms with van der Waals surface area (Å²) in [6.07, 6.45) is 4.61. The summed E-state index contributed by atoms with van der Waals surface area (Å²) in [5.41, 5.74) is 4.09. The lowest BCUT2D eigenvalue weighted by Crippen LogP contribution is -2.40. The number of benzene rings is 1. The highest BCUT2D eigenvalue weighted by molar-refractivity contribution is 5.53. The minimum atomic E-state index is -0.130. The second kappa shape index (κ2) is 2.10. The van der Waals surface area contributed by atoms with Crippen LogP contribution in [0.5, 0.6) is 0 Å². The van der Waals surface area contributed by atoms with Crippen LogP contribution < -0.4 is 5.32 Å². The molecule has 0 aliphatic carbocycles. The normalized spacial score (nSPS) is 36.1. The van der Waals surface area contributed by atoms with Gasteiger partial charge in [-0.15, -0.1) is 0 Å². The van der Waals surface area contributed by atoms with Gasteiger partial charge in [0.1, 0.15) is 11.7 Å². The van der Waals surface area contributed by atoms with Crippen molar-refractivity contribution in [3.8, 4) is 0 Å². The molecule has 2 bridgehead atoms. The number of hydrogen-bond acceptors (Lipinski definition) is 2. The molecule has 2 heteroatoms. The van der Waals surface area contributed by atoms with Crippen molar-refractivity contribution in [3.05, 3.63) is 47.0 Å². The van der Waals surface area contributed by atoms with Crippen LogP contribution in [0, 0.1) is 0 Å². The van der Waals surface area contributed by atoms with Crippen LogP contribution in [0.25, 0.3) is 0 Å². The Morgan fingerprint density at radius 3 is 3.43 bits per heavy atom. The third kappa shape index (κ3) is 0.636. The maximum absolute atomic E-state index is 6.04. The summed E-state index contributed by atoms with van der Waals surface area (Å²) in [6, 6.07) is 6.53. The molecule has 0 fully saturated rings. The largest absolute Gasteiger partial charge is 0.353 e. The van der Waals surface area contributed by atoms with Gasteiger partial charge in [-0.05, 0) is 22.8 Å². The number of ether oxygens (including phenoxy) is 1. The molecular weight excluding hydrogens is 174 g/mol. The monoisotopic (exact) mass is 185 g/mol. The Balaban J connectivity index is 2.11. The zero-order chi connectivity index (χ0) is 9.17. The van der Waals surface area contributed by atoms with E-state index < -0.39 is 0 Å². The van der Waals surface area contributed by atoms with E-state index in [1.165, 1.54) is 16.7 Å². The highest BCUT2D eigenvalue weighted by atomic mass is 16.5. The molecule has 3 heterocycles. The fourth-order valence-electron chi connectivity index (χ4n) is 2.95. The molecule has 0 radical (unpaired) electrons. The van der Waals surface area contributed by atoms with Crippen LogP contribution in [0.1, 0.15) is 22.8 Å². The van der Waals surface area contributed by atoms with Crippen LogP contribution in [-0.4, -0.2) is 6.54 Å². The van der Waals surface area contributed by atoms with Crippen molar-refractivity contribution in [2.75, 3.05) is 6.54 Å². The van der Waals surface area contributed by atoms with Gasteiger partial charge in [0, 0.05) is 13.1 Å². The molecule has 1 aromatic carbocycles. The summed E-state index contributed by atoms with van der Waals surface area (Å²) in [4.78, 5) is 0. The second-order valence-corrected chi connectivity index (χ2v) is 4.27. The van der Waals surface area contributed by atoms with Crippen LogP contribution in [0.4, 0.5) is 0 Å². The maximum Gasteiger partial charge on any atom is 0.126 e. The first-order valence-corrected chi connectivity index (χ1v) is 5.09. The van der Waals surface area contributed by atoms with Gasteiger partial charge in [0.25, 0.3) is 0 Å². The summed E-state index contributed by atoms with van der Waals surface area (Å²) in [6.45, 7) is 1.90. The van der Waals surface area contributed by atoms with E-state index in [0.717, 1.165) is 13.1 Å². The topological polar surface area (TPSA) is 21.3 Å². The average molecular weight is 185 g/mol. The molecule has 1 spiro atoms. The van der Waals surface area contributed by atoms with Gasteiger partial charge < -0.3 is 10.1 Å². The number of nitrogens with one attached hydrogen (secondary N) is 1. The van der Waals surface area contributed by atoms with E-state index in [9.17, 15) is 0 Å². The van der Waals surface area contributed by atoms with E-state index in [-0.39, 0.29) is 11.7 Å². The van der Waals surface area contributed by atoms with Gasteiger partial charge in [-0.25, -0.2) is 0 Å².